The fraction of sp³-hybridized carbons (Fsp3) is 0.333. The van der Waals surface area contributed by atoms with Crippen molar-refractivity contribution in [1.82, 2.24) is 4.98 Å². The number of benzene rings is 2. The fourth-order valence-corrected chi connectivity index (χ4v) is 4.06. The van der Waals surface area contributed by atoms with Crippen molar-refractivity contribution in [2.45, 2.75) is 32.5 Å². The van der Waals surface area contributed by atoms with E-state index in [9.17, 15) is 9.59 Å². The molecule has 3 aromatic rings. The lowest BCUT2D eigenvalue weighted by Crippen LogP contribution is -2.48. The average molecular weight is 423 g/mol. The van der Waals surface area contributed by atoms with Crippen molar-refractivity contribution in [3.63, 3.8) is 0 Å². The lowest BCUT2D eigenvalue weighted by molar-refractivity contribution is -0.240. The number of nitrogens with one attached hydrogen (secondary N) is 1. The van der Waals surface area contributed by atoms with E-state index in [0.717, 1.165) is 16.5 Å². The van der Waals surface area contributed by atoms with Crippen LogP contribution in [-0.2, 0) is 19.1 Å². The fourth-order valence-electron chi connectivity index (χ4n) is 4.06. The molecule has 7 nitrogen and oxygen atoms in total. The highest BCUT2D eigenvalue weighted by atomic mass is 16.7. The number of rotatable bonds is 6. The normalized spacial score (nSPS) is 17.2. The van der Waals surface area contributed by atoms with Gasteiger partial charge in [0, 0.05) is 36.9 Å². The molecule has 4 rings (SSSR count). The molecule has 0 unspecified atom stereocenters. The highest BCUT2D eigenvalue weighted by Gasteiger charge is 2.48. The Labute approximate surface area is 180 Å². The maximum atomic E-state index is 13.0. The van der Waals surface area contributed by atoms with E-state index in [0.29, 0.717) is 23.7 Å². The molecule has 0 bridgehead atoms. The summed E-state index contributed by atoms with van der Waals surface area (Å²) in [6.07, 6.45) is 1.82. The maximum Gasteiger partial charge on any atom is 0.324 e. The van der Waals surface area contributed by atoms with Crippen LogP contribution in [0.15, 0.2) is 48.7 Å². The van der Waals surface area contributed by atoms with Crippen molar-refractivity contribution in [3.05, 3.63) is 59.8 Å². The minimum absolute atomic E-state index is 0.484. The number of fused-ring (bicyclic) bond motifs is 1. The molecule has 0 radical (unpaired) electrons. The minimum atomic E-state index is -1.30. The molecular formula is C24H25NO6. The number of carbonyl (C=O) groups is 2. The number of cyclic esters (lactones) is 2. The molecule has 0 spiro atoms. The van der Waals surface area contributed by atoms with Gasteiger partial charge in [0.1, 0.15) is 0 Å². The predicted octanol–water partition coefficient (Wildman–Crippen LogP) is 4.16. The zero-order valence-electron chi connectivity index (χ0n) is 17.9. The van der Waals surface area contributed by atoms with Crippen molar-refractivity contribution in [3.8, 4) is 11.5 Å². The first-order chi connectivity index (χ1) is 14.8. The van der Waals surface area contributed by atoms with Gasteiger partial charge in [0.05, 0.1) is 13.7 Å². The Kier molecular flexibility index (Phi) is 5.35. The van der Waals surface area contributed by atoms with Crippen molar-refractivity contribution in [1.29, 1.82) is 0 Å². The number of carbonyl (C=O) groups excluding carboxylic acids is 2. The molecule has 1 aromatic heterocycles. The largest absolute Gasteiger partial charge is 0.493 e. The molecule has 1 atom stereocenters. The van der Waals surface area contributed by atoms with Gasteiger partial charge < -0.3 is 23.9 Å². The van der Waals surface area contributed by atoms with E-state index in [1.165, 1.54) is 0 Å². The van der Waals surface area contributed by atoms with E-state index in [1.807, 2.05) is 43.5 Å². The zero-order chi connectivity index (χ0) is 22.2. The summed E-state index contributed by atoms with van der Waals surface area (Å²) in [4.78, 5) is 29.2. The molecule has 31 heavy (non-hydrogen) atoms. The molecule has 0 saturated carbocycles. The molecule has 1 aliphatic heterocycles. The third-order valence-corrected chi connectivity index (χ3v) is 5.34. The predicted molar refractivity (Wildman–Crippen MR) is 114 cm³/mol. The quantitative estimate of drug-likeness (QED) is 0.473. The topological polar surface area (TPSA) is 86.9 Å². The SMILES string of the molecule is CCOc1ccc([C@@H](c2c[nH]c3ccccc23)C2C(=O)OC(C)(C)OC2=O)cc1OC. The summed E-state index contributed by atoms with van der Waals surface area (Å²) in [5.74, 6) is -3.24. The monoisotopic (exact) mass is 423 g/mol. The highest BCUT2D eigenvalue weighted by Crippen LogP contribution is 2.43. The summed E-state index contributed by atoms with van der Waals surface area (Å²) in [5, 5.41) is 0.908. The first-order valence-electron chi connectivity index (χ1n) is 10.2. The van der Waals surface area contributed by atoms with E-state index in [1.54, 1.807) is 33.1 Å². The van der Waals surface area contributed by atoms with Gasteiger partial charge in [-0.2, -0.15) is 0 Å². The van der Waals surface area contributed by atoms with Crippen molar-refractivity contribution < 1.29 is 28.5 Å². The van der Waals surface area contributed by atoms with Gasteiger partial charge in [-0.15, -0.1) is 0 Å². The molecule has 1 aliphatic rings. The Morgan fingerprint density at radius 3 is 2.45 bits per heavy atom. The minimum Gasteiger partial charge on any atom is -0.493 e. The number of methoxy groups -OCH3 is 1. The molecule has 7 heteroatoms. The molecule has 1 fully saturated rings. The van der Waals surface area contributed by atoms with Crippen LogP contribution in [0.1, 0.15) is 37.8 Å². The Morgan fingerprint density at radius 2 is 1.77 bits per heavy atom. The Bertz CT molecular complexity index is 1110. The molecule has 1 saturated heterocycles. The smallest absolute Gasteiger partial charge is 0.324 e. The maximum absolute atomic E-state index is 13.0. The Morgan fingerprint density at radius 1 is 1.06 bits per heavy atom. The molecular weight excluding hydrogens is 398 g/mol. The molecule has 0 amide bonds. The number of hydrogen-bond acceptors (Lipinski definition) is 6. The van der Waals surface area contributed by atoms with E-state index in [4.69, 9.17) is 18.9 Å². The van der Waals surface area contributed by atoms with Crippen LogP contribution in [0.2, 0.25) is 0 Å². The summed E-state index contributed by atoms with van der Waals surface area (Å²) in [5.41, 5.74) is 2.40. The van der Waals surface area contributed by atoms with Crippen LogP contribution >= 0.6 is 0 Å². The van der Waals surface area contributed by atoms with Crippen LogP contribution in [0, 0.1) is 5.92 Å². The number of esters is 2. The Balaban J connectivity index is 1.88. The van der Waals surface area contributed by atoms with Gasteiger partial charge in [-0.25, -0.2) is 0 Å². The summed E-state index contributed by atoms with van der Waals surface area (Å²) in [7, 11) is 1.55. The average Bonchev–Trinajstić information content (AvgIpc) is 3.14. The van der Waals surface area contributed by atoms with Gasteiger partial charge in [0.2, 0.25) is 0 Å². The first-order valence-corrected chi connectivity index (χ1v) is 10.2. The number of aromatic nitrogens is 1. The molecule has 2 aromatic carbocycles. The number of H-pyrrole nitrogens is 1. The molecule has 162 valence electrons. The summed E-state index contributed by atoms with van der Waals surface area (Å²) in [6, 6.07) is 13.1. The van der Waals surface area contributed by atoms with E-state index < -0.39 is 29.6 Å². The standard InChI is InChI=1S/C24H25NO6/c1-5-29-18-11-10-14(12-19(18)28-4)20(16-13-25-17-9-7-6-8-15(16)17)21-22(26)30-24(2,3)31-23(21)27/h6-13,20-21,25H,5H2,1-4H3/t20-/m0/s1. The van der Waals surface area contributed by atoms with Gasteiger partial charge in [-0.1, -0.05) is 24.3 Å². The van der Waals surface area contributed by atoms with Crippen molar-refractivity contribution >= 4 is 22.8 Å². The second kappa shape index (κ2) is 7.98. The zero-order valence-corrected chi connectivity index (χ0v) is 17.9. The van der Waals surface area contributed by atoms with Gasteiger partial charge in [0.25, 0.3) is 5.79 Å². The Hall–Kier alpha value is -3.48. The van der Waals surface area contributed by atoms with Crippen LogP contribution in [0.25, 0.3) is 10.9 Å². The summed E-state index contributed by atoms with van der Waals surface area (Å²) >= 11 is 0. The number of aromatic amines is 1. The highest BCUT2D eigenvalue weighted by molar-refractivity contribution is 5.99. The number of ether oxygens (including phenoxy) is 4. The van der Waals surface area contributed by atoms with Crippen LogP contribution in [-0.4, -0.2) is 36.4 Å². The third kappa shape index (κ3) is 3.83. The van der Waals surface area contributed by atoms with Gasteiger partial charge in [0.15, 0.2) is 17.4 Å². The van der Waals surface area contributed by atoms with E-state index in [-0.39, 0.29) is 0 Å². The van der Waals surface area contributed by atoms with Crippen molar-refractivity contribution in [2.75, 3.05) is 13.7 Å². The third-order valence-electron chi connectivity index (χ3n) is 5.34. The first kappa shape index (κ1) is 20.8. The van der Waals surface area contributed by atoms with Gasteiger partial charge in [-0.05, 0) is 36.2 Å². The van der Waals surface area contributed by atoms with Gasteiger partial charge >= 0.3 is 11.9 Å². The summed E-state index contributed by atoms with van der Waals surface area (Å²) < 4.78 is 22.0. The second-order valence-electron chi connectivity index (χ2n) is 7.83. The van der Waals surface area contributed by atoms with Gasteiger partial charge in [-0.3, -0.25) is 9.59 Å². The van der Waals surface area contributed by atoms with Crippen LogP contribution in [0.5, 0.6) is 11.5 Å². The van der Waals surface area contributed by atoms with Crippen LogP contribution in [0.3, 0.4) is 0 Å². The lowest BCUT2D eigenvalue weighted by Gasteiger charge is -2.36. The molecule has 2 heterocycles. The van der Waals surface area contributed by atoms with Crippen molar-refractivity contribution in [2.24, 2.45) is 5.92 Å². The number of para-hydroxylation sites is 1. The van der Waals surface area contributed by atoms with Crippen LogP contribution < -0.4 is 9.47 Å². The second-order valence-corrected chi connectivity index (χ2v) is 7.83. The van der Waals surface area contributed by atoms with E-state index in [2.05, 4.69) is 4.98 Å². The lowest BCUT2D eigenvalue weighted by atomic mass is 9.80. The number of hydrogen-bond donors (Lipinski definition) is 1. The molecule has 1 N–H and O–H groups in total. The molecule has 0 aliphatic carbocycles. The van der Waals surface area contributed by atoms with Crippen LogP contribution in [0.4, 0.5) is 0 Å². The van der Waals surface area contributed by atoms with E-state index >= 15 is 0 Å². The summed E-state index contributed by atoms with van der Waals surface area (Å²) in [6.45, 7) is 5.45.